The van der Waals surface area contributed by atoms with Crippen LogP contribution in [0.4, 0.5) is 5.69 Å². The van der Waals surface area contributed by atoms with Crippen LogP contribution >= 0.6 is 0 Å². The van der Waals surface area contributed by atoms with Crippen molar-refractivity contribution in [3.63, 3.8) is 0 Å². The van der Waals surface area contributed by atoms with E-state index in [4.69, 9.17) is 0 Å². The Bertz CT molecular complexity index is 959. The van der Waals surface area contributed by atoms with Crippen molar-refractivity contribution in [2.24, 2.45) is 7.05 Å². The lowest BCUT2D eigenvalue weighted by atomic mass is 10.0. The summed E-state index contributed by atoms with van der Waals surface area (Å²) < 4.78 is 29.4. The Kier molecular flexibility index (Phi) is 4.59. The number of hydrogen-bond acceptors (Lipinski definition) is 4. The zero-order valence-electron chi connectivity index (χ0n) is 14.3. The van der Waals surface area contributed by atoms with Crippen molar-refractivity contribution in [1.82, 2.24) is 14.8 Å². The molecule has 0 saturated carbocycles. The molecule has 2 aromatic carbocycles. The Morgan fingerprint density at radius 3 is 2.16 bits per heavy atom. The van der Waals surface area contributed by atoms with Gasteiger partial charge in [0.2, 0.25) is 0 Å². The highest BCUT2D eigenvalue weighted by molar-refractivity contribution is 7.92. The number of aromatic nitrogens is 3. The minimum Gasteiger partial charge on any atom is -0.317 e. The van der Waals surface area contributed by atoms with Crippen molar-refractivity contribution < 1.29 is 8.42 Å². The Balaban J connectivity index is 1.80. The topological polar surface area (TPSA) is 76.9 Å². The highest BCUT2D eigenvalue weighted by atomic mass is 32.2. The molecule has 0 bridgehead atoms. The predicted molar refractivity (Wildman–Crippen MR) is 97.8 cm³/mol. The number of hydrogen-bond donors (Lipinski definition) is 1. The fourth-order valence-corrected chi connectivity index (χ4v) is 3.54. The number of nitrogens with one attached hydrogen (secondary N) is 1. The second kappa shape index (κ2) is 6.68. The molecule has 3 rings (SSSR count). The molecule has 0 aliphatic heterocycles. The normalized spacial score (nSPS) is 11.7. The van der Waals surface area contributed by atoms with Gasteiger partial charge in [0.05, 0.1) is 4.90 Å². The quantitative estimate of drug-likeness (QED) is 0.760. The van der Waals surface area contributed by atoms with Gasteiger partial charge in [-0.25, -0.2) is 8.42 Å². The molecule has 0 unspecified atom stereocenters. The predicted octanol–water partition coefficient (Wildman–Crippen LogP) is 3.41. The molecule has 0 fully saturated rings. The van der Waals surface area contributed by atoms with Crippen LogP contribution in [0.3, 0.4) is 0 Å². The molecule has 0 atom stereocenters. The van der Waals surface area contributed by atoms with E-state index in [-0.39, 0.29) is 4.90 Å². The van der Waals surface area contributed by atoms with Crippen LogP contribution in [0.25, 0.3) is 11.4 Å². The summed E-state index contributed by atoms with van der Waals surface area (Å²) in [4.78, 5) is 0.245. The van der Waals surface area contributed by atoms with Crippen LogP contribution < -0.4 is 4.72 Å². The van der Waals surface area contributed by atoms with E-state index in [1.807, 2.05) is 31.3 Å². The van der Waals surface area contributed by atoms with Gasteiger partial charge in [-0.2, -0.15) is 0 Å². The second-order valence-electron chi connectivity index (χ2n) is 6.17. The smallest absolute Gasteiger partial charge is 0.261 e. The van der Waals surface area contributed by atoms with Gasteiger partial charge in [-0.3, -0.25) is 4.72 Å². The summed E-state index contributed by atoms with van der Waals surface area (Å²) in [6.07, 6.45) is 1.62. The van der Waals surface area contributed by atoms with E-state index >= 15 is 0 Å². The molecule has 0 aliphatic rings. The van der Waals surface area contributed by atoms with Crippen molar-refractivity contribution in [2.45, 2.75) is 24.7 Å². The number of rotatable bonds is 5. The van der Waals surface area contributed by atoms with Crippen LogP contribution in [-0.4, -0.2) is 23.2 Å². The summed E-state index contributed by atoms with van der Waals surface area (Å²) in [7, 11) is -1.76. The first-order valence-electron chi connectivity index (χ1n) is 7.94. The van der Waals surface area contributed by atoms with Gasteiger partial charge in [0.15, 0.2) is 5.82 Å². The number of aryl methyl sites for hydroxylation is 1. The minimum atomic E-state index is -3.61. The maximum Gasteiger partial charge on any atom is 0.261 e. The molecule has 3 aromatic rings. The first kappa shape index (κ1) is 17.2. The van der Waals surface area contributed by atoms with Crippen molar-refractivity contribution >= 4 is 15.7 Å². The lowest BCUT2D eigenvalue weighted by molar-refractivity contribution is 0.601. The molecule has 0 radical (unpaired) electrons. The number of anilines is 1. The van der Waals surface area contributed by atoms with E-state index in [9.17, 15) is 8.42 Å². The monoisotopic (exact) mass is 356 g/mol. The third kappa shape index (κ3) is 3.71. The van der Waals surface area contributed by atoms with Gasteiger partial charge in [-0.05, 0) is 47.9 Å². The number of benzene rings is 2. The summed E-state index contributed by atoms with van der Waals surface area (Å²) in [6, 6.07) is 14.0. The van der Waals surface area contributed by atoms with Crippen molar-refractivity contribution in [1.29, 1.82) is 0 Å². The zero-order chi connectivity index (χ0) is 18.0. The third-order valence-corrected chi connectivity index (χ3v) is 5.36. The largest absolute Gasteiger partial charge is 0.317 e. The molecular formula is C18H20N4O2S. The van der Waals surface area contributed by atoms with Gasteiger partial charge in [-0.15, -0.1) is 10.2 Å². The maximum absolute atomic E-state index is 12.5. The van der Waals surface area contributed by atoms with Crippen molar-refractivity contribution in [2.75, 3.05) is 4.72 Å². The number of nitrogens with zero attached hydrogens (tertiary/aromatic N) is 3. The van der Waals surface area contributed by atoms with Crippen LogP contribution in [0.1, 0.15) is 25.3 Å². The molecule has 25 heavy (non-hydrogen) atoms. The molecule has 0 saturated heterocycles. The van der Waals surface area contributed by atoms with Crippen LogP contribution in [0.15, 0.2) is 59.8 Å². The lowest BCUT2D eigenvalue weighted by Crippen LogP contribution is -2.13. The molecular weight excluding hydrogens is 336 g/mol. The molecule has 7 heteroatoms. The van der Waals surface area contributed by atoms with E-state index < -0.39 is 10.0 Å². The Labute approximate surface area is 147 Å². The fraction of sp³-hybridized carbons (Fsp3) is 0.222. The van der Waals surface area contributed by atoms with Gasteiger partial charge in [-0.1, -0.05) is 26.0 Å². The van der Waals surface area contributed by atoms with Crippen molar-refractivity contribution in [3.05, 3.63) is 60.4 Å². The van der Waals surface area contributed by atoms with E-state index in [1.165, 1.54) is 0 Å². The van der Waals surface area contributed by atoms with E-state index in [2.05, 4.69) is 28.8 Å². The molecule has 0 aliphatic carbocycles. The summed E-state index contributed by atoms with van der Waals surface area (Å²) in [5.41, 5.74) is 2.47. The van der Waals surface area contributed by atoms with Crippen LogP contribution in [0.5, 0.6) is 0 Å². The molecule has 130 valence electrons. The standard InChI is InChI=1S/C18H20N4O2S/c1-13(2)14-6-10-17(11-7-14)25(23,24)21-16-8-4-15(5-9-16)18-20-19-12-22(18)3/h4-13,21H,1-3H3. The van der Waals surface area contributed by atoms with Gasteiger partial charge in [0.25, 0.3) is 10.0 Å². The molecule has 0 spiro atoms. The summed E-state index contributed by atoms with van der Waals surface area (Å²) in [6.45, 7) is 4.14. The average molecular weight is 356 g/mol. The minimum absolute atomic E-state index is 0.245. The molecule has 1 aromatic heterocycles. The SMILES string of the molecule is CC(C)c1ccc(S(=O)(=O)Nc2ccc(-c3nncn3C)cc2)cc1. The highest BCUT2D eigenvalue weighted by Crippen LogP contribution is 2.22. The molecule has 6 nitrogen and oxygen atoms in total. The molecule has 1 heterocycles. The number of sulfonamides is 1. The van der Waals surface area contributed by atoms with E-state index in [0.29, 0.717) is 11.6 Å². The van der Waals surface area contributed by atoms with Gasteiger partial charge in [0, 0.05) is 18.3 Å². The Morgan fingerprint density at radius 1 is 1.00 bits per heavy atom. The Morgan fingerprint density at radius 2 is 1.64 bits per heavy atom. The van der Waals surface area contributed by atoms with E-state index in [1.54, 1.807) is 35.2 Å². The first-order valence-corrected chi connectivity index (χ1v) is 9.42. The molecule has 1 N–H and O–H groups in total. The summed E-state index contributed by atoms with van der Waals surface area (Å²) in [5, 5.41) is 7.87. The zero-order valence-corrected chi connectivity index (χ0v) is 15.2. The summed E-state index contributed by atoms with van der Waals surface area (Å²) >= 11 is 0. The van der Waals surface area contributed by atoms with Gasteiger partial charge >= 0.3 is 0 Å². The summed E-state index contributed by atoms with van der Waals surface area (Å²) in [5.74, 6) is 1.08. The second-order valence-corrected chi connectivity index (χ2v) is 7.85. The lowest BCUT2D eigenvalue weighted by Gasteiger charge is -2.10. The third-order valence-electron chi connectivity index (χ3n) is 3.96. The van der Waals surface area contributed by atoms with Crippen LogP contribution in [0, 0.1) is 0 Å². The average Bonchev–Trinajstić information content (AvgIpc) is 3.01. The fourth-order valence-electron chi connectivity index (χ4n) is 2.48. The highest BCUT2D eigenvalue weighted by Gasteiger charge is 2.15. The molecule has 0 amide bonds. The maximum atomic E-state index is 12.5. The van der Waals surface area contributed by atoms with Crippen molar-refractivity contribution in [3.8, 4) is 11.4 Å². The van der Waals surface area contributed by atoms with Gasteiger partial charge < -0.3 is 4.57 Å². The van der Waals surface area contributed by atoms with E-state index in [0.717, 1.165) is 17.0 Å². The van der Waals surface area contributed by atoms with Crippen LogP contribution in [-0.2, 0) is 17.1 Å². The first-order chi connectivity index (χ1) is 11.9. The van der Waals surface area contributed by atoms with Gasteiger partial charge in [0.1, 0.15) is 6.33 Å². The Hall–Kier alpha value is -2.67. The van der Waals surface area contributed by atoms with Crippen LogP contribution in [0.2, 0.25) is 0 Å².